The molecule has 5 heteroatoms. The summed E-state index contributed by atoms with van der Waals surface area (Å²) >= 11 is 7.43. The molecule has 1 aromatic heterocycles. The predicted molar refractivity (Wildman–Crippen MR) is 71.9 cm³/mol. The Kier molecular flexibility index (Phi) is 4.42. The zero-order valence-corrected chi connectivity index (χ0v) is 11.5. The largest absolute Gasteiger partial charge is 0.338 e. The summed E-state index contributed by atoms with van der Waals surface area (Å²) in [6, 6.07) is 1.79. The summed E-state index contributed by atoms with van der Waals surface area (Å²) in [6.45, 7) is 2.67. The number of thiophene rings is 1. The summed E-state index contributed by atoms with van der Waals surface area (Å²) in [6.07, 6.45) is 2.28. The van der Waals surface area contributed by atoms with Crippen LogP contribution >= 0.6 is 22.9 Å². The molecule has 1 aliphatic rings. The third-order valence-corrected chi connectivity index (χ3v) is 4.44. The van der Waals surface area contributed by atoms with Crippen molar-refractivity contribution in [1.82, 2.24) is 10.2 Å². The topological polar surface area (TPSA) is 32.3 Å². The molecule has 1 saturated heterocycles. The van der Waals surface area contributed by atoms with Gasteiger partial charge in [-0.05, 0) is 43.8 Å². The highest BCUT2D eigenvalue weighted by Gasteiger charge is 2.25. The second kappa shape index (κ2) is 5.85. The van der Waals surface area contributed by atoms with Crippen molar-refractivity contribution in [3.63, 3.8) is 0 Å². The lowest BCUT2D eigenvalue weighted by Crippen LogP contribution is -2.42. The monoisotopic (exact) mass is 272 g/mol. The van der Waals surface area contributed by atoms with E-state index in [0.717, 1.165) is 26.1 Å². The van der Waals surface area contributed by atoms with E-state index in [9.17, 15) is 4.79 Å². The number of rotatable bonds is 3. The van der Waals surface area contributed by atoms with Gasteiger partial charge in [0.05, 0.1) is 5.02 Å². The van der Waals surface area contributed by atoms with Crippen LogP contribution in [0.4, 0.5) is 0 Å². The van der Waals surface area contributed by atoms with Crippen molar-refractivity contribution < 1.29 is 4.79 Å². The maximum Gasteiger partial charge on any atom is 0.265 e. The lowest BCUT2D eigenvalue weighted by atomic mass is 9.98. The van der Waals surface area contributed by atoms with Crippen LogP contribution in [0.5, 0.6) is 0 Å². The summed E-state index contributed by atoms with van der Waals surface area (Å²) in [7, 11) is 1.96. The van der Waals surface area contributed by atoms with Gasteiger partial charge >= 0.3 is 0 Å². The molecule has 1 fully saturated rings. The Hall–Kier alpha value is -0.580. The van der Waals surface area contributed by atoms with E-state index in [1.807, 2.05) is 17.3 Å². The number of likely N-dealkylation sites (tertiary alicyclic amines) is 1. The fourth-order valence-corrected chi connectivity index (χ4v) is 3.40. The number of carbonyl (C=O) groups is 1. The smallest absolute Gasteiger partial charge is 0.265 e. The number of hydrogen-bond acceptors (Lipinski definition) is 3. The lowest BCUT2D eigenvalue weighted by Gasteiger charge is -2.32. The van der Waals surface area contributed by atoms with Crippen LogP contribution in [0.3, 0.4) is 0 Å². The summed E-state index contributed by atoms with van der Waals surface area (Å²) in [4.78, 5) is 14.9. The molecule has 94 valence electrons. The molecule has 3 nitrogen and oxygen atoms in total. The van der Waals surface area contributed by atoms with Gasteiger partial charge in [-0.3, -0.25) is 4.79 Å². The summed E-state index contributed by atoms with van der Waals surface area (Å²) in [5.41, 5.74) is 0. The van der Waals surface area contributed by atoms with Gasteiger partial charge in [-0.25, -0.2) is 0 Å². The quantitative estimate of drug-likeness (QED) is 0.917. The van der Waals surface area contributed by atoms with Crippen molar-refractivity contribution in [1.29, 1.82) is 0 Å². The van der Waals surface area contributed by atoms with Crippen LogP contribution < -0.4 is 5.32 Å². The molecular weight excluding hydrogens is 256 g/mol. The van der Waals surface area contributed by atoms with Crippen LogP contribution in [0, 0.1) is 5.92 Å². The van der Waals surface area contributed by atoms with Gasteiger partial charge < -0.3 is 10.2 Å². The Morgan fingerprint density at radius 1 is 1.71 bits per heavy atom. The summed E-state index contributed by atoms with van der Waals surface area (Å²) in [5, 5.41) is 5.63. The van der Waals surface area contributed by atoms with Crippen molar-refractivity contribution in [3.05, 3.63) is 21.3 Å². The molecule has 1 unspecified atom stereocenters. The first-order valence-corrected chi connectivity index (χ1v) is 7.15. The van der Waals surface area contributed by atoms with Crippen molar-refractivity contribution in [2.75, 3.05) is 26.7 Å². The zero-order valence-electron chi connectivity index (χ0n) is 9.91. The van der Waals surface area contributed by atoms with E-state index in [4.69, 9.17) is 11.6 Å². The van der Waals surface area contributed by atoms with Gasteiger partial charge in [0, 0.05) is 13.1 Å². The van der Waals surface area contributed by atoms with Crippen molar-refractivity contribution in [2.24, 2.45) is 5.92 Å². The van der Waals surface area contributed by atoms with Crippen LogP contribution in [0.15, 0.2) is 11.4 Å². The molecule has 17 heavy (non-hydrogen) atoms. The van der Waals surface area contributed by atoms with Gasteiger partial charge in [0.2, 0.25) is 0 Å². The third kappa shape index (κ3) is 3.00. The standard InChI is InChI=1S/C12H17ClN2OS/c1-14-7-9-3-2-5-15(8-9)12(16)11-10(13)4-6-17-11/h4,6,9,14H,2-3,5,7-8H2,1H3. The number of nitrogens with zero attached hydrogens (tertiary/aromatic N) is 1. The molecule has 0 spiro atoms. The summed E-state index contributed by atoms with van der Waals surface area (Å²) < 4.78 is 0. The molecular formula is C12H17ClN2OS. The van der Waals surface area contributed by atoms with Crippen molar-refractivity contribution >= 4 is 28.8 Å². The van der Waals surface area contributed by atoms with Crippen LogP contribution in [-0.4, -0.2) is 37.5 Å². The average molecular weight is 273 g/mol. The van der Waals surface area contributed by atoms with E-state index >= 15 is 0 Å². The van der Waals surface area contributed by atoms with Crippen molar-refractivity contribution in [2.45, 2.75) is 12.8 Å². The van der Waals surface area contributed by atoms with E-state index in [1.54, 1.807) is 6.07 Å². The van der Waals surface area contributed by atoms with E-state index in [0.29, 0.717) is 15.8 Å². The number of piperidine rings is 1. The van der Waals surface area contributed by atoms with E-state index < -0.39 is 0 Å². The molecule has 0 aliphatic carbocycles. The second-order valence-corrected chi connectivity index (χ2v) is 5.74. The fourth-order valence-electron chi connectivity index (χ4n) is 2.29. The van der Waals surface area contributed by atoms with E-state index in [1.165, 1.54) is 17.8 Å². The first-order chi connectivity index (χ1) is 8.22. The molecule has 0 bridgehead atoms. The van der Waals surface area contributed by atoms with Crippen LogP contribution in [-0.2, 0) is 0 Å². The number of halogens is 1. The van der Waals surface area contributed by atoms with Crippen LogP contribution in [0.1, 0.15) is 22.5 Å². The fraction of sp³-hybridized carbons (Fsp3) is 0.583. The molecule has 1 amide bonds. The Morgan fingerprint density at radius 2 is 2.53 bits per heavy atom. The van der Waals surface area contributed by atoms with E-state index in [-0.39, 0.29) is 5.91 Å². The van der Waals surface area contributed by atoms with Gasteiger partial charge in [0.25, 0.3) is 5.91 Å². The zero-order chi connectivity index (χ0) is 12.3. The highest BCUT2D eigenvalue weighted by Crippen LogP contribution is 2.26. The maximum absolute atomic E-state index is 12.3. The van der Waals surface area contributed by atoms with Gasteiger partial charge in [-0.2, -0.15) is 0 Å². The van der Waals surface area contributed by atoms with E-state index in [2.05, 4.69) is 5.32 Å². The molecule has 0 saturated carbocycles. The number of nitrogens with one attached hydrogen (secondary N) is 1. The normalized spacial score (nSPS) is 20.6. The molecule has 1 aliphatic heterocycles. The second-order valence-electron chi connectivity index (χ2n) is 4.41. The molecule has 1 atom stereocenters. The van der Waals surface area contributed by atoms with Gasteiger partial charge in [-0.1, -0.05) is 11.6 Å². The van der Waals surface area contributed by atoms with Crippen molar-refractivity contribution in [3.8, 4) is 0 Å². The lowest BCUT2D eigenvalue weighted by molar-refractivity contribution is 0.0679. The molecule has 1 N–H and O–H groups in total. The molecule has 2 rings (SSSR count). The minimum atomic E-state index is 0.0887. The first-order valence-electron chi connectivity index (χ1n) is 5.89. The first kappa shape index (κ1) is 12.9. The minimum absolute atomic E-state index is 0.0887. The Bertz CT molecular complexity index is 392. The Labute approximate surface area is 111 Å². The molecule has 0 radical (unpaired) electrons. The Balaban J connectivity index is 2.02. The minimum Gasteiger partial charge on any atom is -0.338 e. The van der Waals surface area contributed by atoms with Crippen LogP contribution in [0.25, 0.3) is 0 Å². The average Bonchev–Trinajstić information content (AvgIpc) is 2.75. The highest BCUT2D eigenvalue weighted by molar-refractivity contribution is 7.12. The van der Waals surface area contributed by atoms with Gasteiger partial charge in [0.15, 0.2) is 0 Å². The van der Waals surface area contributed by atoms with Gasteiger partial charge in [-0.15, -0.1) is 11.3 Å². The number of amides is 1. The SMILES string of the molecule is CNCC1CCCN(C(=O)c2sccc2Cl)C1. The maximum atomic E-state index is 12.3. The predicted octanol–water partition coefficient (Wildman–Crippen LogP) is 2.47. The number of hydrogen-bond donors (Lipinski definition) is 1. The van der Waals surface area contributed by atoms with Crippen LogP contribution in [0.2, 0.25) is 5.02 Å². The number of carbonyl (C=O) groups excluding carboxylic acids is 1. The van der Waals surface area contributed by atoms with Gasteiger partial charge in [0.1, 0.15) is 4.88 Å². The Morgan fingerprint density at radius 3 is 3.18 bits per heavy atom. The summed E-state index contributed by atoms with van der Waals surface area (Å²) in [5.74, 6) is 0.655. The highest BCUT2D eigenvalue weighted by atomic mass is 35.5. The molecule has 1 aromatic rings. The third-order valence-electron chi connectivity index (χ3n) is 3.11. The molecule has 0 aromatic carbocycles. The molecule has 2 heterocycles.